The molecule has 0 bridgehead atoms. The number of piperidine rings is 1. The summed E-state index contributed by atoms with van der Waals surface area (Å²) >= 11 is 0. The van der Waals surface area contributed by atoms with E-state index < -0.39 is 9.84 Å². The molecular formula is C21H25N5O3S. The number of fused-ring (bicyclic) bond motifs is 1. The van der Waals surface area contributed by atoms with Crippen LogP contribution in [-0.4, -0.2) is 58.2 Å². The van der Waals surface area contributed by atoms with Gasteiger partial charge < -0.3 is 4.90 Å². The van der Waals surface area contributed by atoms with Crippen LogP contribution in [0.3, 0.4) is 0 Å². The predicted molar refractivity (Wildman–Crippen MR) is 112 cm³/mol. The van der Waals surface area contributed by atoms with Crippen molar-refractivity contribution in [1.82, 2.24) is 24.5 Å². The molecule has 0 unspecified atom stereocenters. The highest BCUT2D eigenvalue weighted by atomic mass is 32.2. The third-order valence-electron chi connectivity index (χ3n) is 5.81. The van der Waals surface area contributed by atoms with Crippen LogP contribution in [0.1, 0.15) is 49.3 Å². The minimum atomic E-state index is -3.47. The monoisotopic (exact) mass is 427 g/mol. The molecule has 1 saturated heterocycles. The molecule has 158 valence electrons. The van der Waals surface area contributed by atoms with Gasteiger partial charge in [0.05, 0.1) is 17.8 Å². The summed E-state index contributed by atoms with van der Waals surface area (Å²) in [5, 5.41) is 4.20. The lowest BCUT2D eigenvalue weighted by Gasteiger charge is -2.34. The van der Waals surface area contributed by atoms with Crippen LogP contribution < -0.4 is 0 Å². The molecule has 1 atom stereocenters. The normalized spacial score (nSPS) is 16.7. The first-order chi connectivity index (χ1) is 14.4. The first-order valence-corrected chi connectivity index (χ1v) is 12.0. The molecule has 3 heterocycles. The summed E-state index contributed by atoms with van der Waals surface area (Å²) in [6, 6.07) is 9.85. The van der Waals surface area contributed by atoms with Gasteiger partial charge in [-0.1, -0.05) is 37.3 Å². The minimum Gasteiger partial charge on any atom is -0.342 e. The summed E-state index contributed by atoms with van der Waals surface area (Å²) in [6.45, 7) is 3.18. The zero-order valence-electron chi connectivity index (χ0n) is 17.1. The second-order valence-corrected chi connectivity index (χ2v) is 9.71. The fourth-order valence-corrected chi connectivity index (χ4v) is 5.15. The molecule has 2 aromatic heterocycles. The number of carbonyl (C=O) groups excluding carboxylic acids is 1. The third kappa shape index (κ3) is 3.81. The van der Waals surface area contributed by atoms with Gasteiger partial charge in [-0.05, 0) is 24.8 Å². The lowest BCUT2D eigenvalue weighted by molar-refractivity contribution is -0.134. The van der Waals surface area contributed by atoms with Crippen LogP contribution in [0.2, 0.25) is 0 Å². The Labute approximate surface area is 175 Å². The second kappa shape index (κ2) is 8.14. The Hall–Kier alpha value is -2.81. The smallest absolute Gasteiger partial charge is 0.252 e. The van der Waals surface area contributed by atoms with Crippen LogP contribution in [0.25, 0.3) is 5.78 Å². The van der Waals surface area contributed by atoms with Gasteiger partial charge in [0.1, 0.15) is 11.2 Å². The number of amides is 1. The number of sulfone groups is 1. The second-order valence-electron chi connectivity index (χ2n) is 7.72. The van der Waals surface area contributed by atoms with Gasteiger partial charge in [-0.15, -0.1) is 0 Å². The lowest BCUT2D eigenvalue weighted by atomic mass is 9.90. The molecule has 0 spiro atoms. The Balaban J connectivity index is 1.57. The summed E-state index contributed by atoms with van der Waals surface area (Å²) in [5.41, 5.74) is 1.65. The van der Waals surface area contributed by atoms with Crippen molar-refractivity contribution in [3.05, 3.63) is 54.1 Å². The largest absolute Gasteiger partial charge is 0.342 e. The van der Waals surface area contributed by atoms with Gasteiger partial charge in [0.15, 0.2) is 9.84 Å². The van der Waals surface area contributed by atoms with Crippen molar-refractivity contribution in [2.45, 2.75) is 42.9 Å². The summed E-state index contributed by atoms with van der Waals surface area (Å²) in [6.07, 6.45) is 6.00. The first-order valence-electron chi connectivity index (χ1n) is 10.1. The molecule has 1 aromatic carbocycles. The molecule has 1 aliphatic heterocycles. The molecule has 1 aliphatic rings. The van der Waals surface area contributed by atoms with Crippen molar-refractivity contribution in [2.24, 2.45) is 0 Å². The molecule has 0 aliphatic carbocycles. The minimum absolute atomic E-state index is 0.0391. The van der Waals surface area contributed by atoms with E-state index >= 15 is 0 Å². The highest BCUT2D eigenvalue weighted by Crippen LogP contribution is 2.33. The van der Waals surface area contributed by atoms with Gasteiger partial charge in [-0.25, -0.2) is 13.4 Å². The fourth-order valence-electron chi connectivity index (χ4n) is 4.27. The van der Waals surface area contributed by atoms with Crippen LogP contribution in [-0.2, 0) is 14.6 Å². The zero-order chi connectivity index (χ0) is 21.3. The molecule has 30 heavy (non-hydrogen) atoms. The molecule has 4 rings (SSSR count). The average Bonchev–Trinajstić information content (AvgIpc) is 3.23. The van der Waals surface area contributed by atoms with Crippen LogP contribution in [0.15, 0.2) is 47.8 Å². The maximum absolute atomic E-state index is 13.2. The van der Waals surface area contributed by atoms with Gasteiger partial charge in [0.2, 0.25) is 5.91 Å². The number of carbonyl (C=O) groups is 1. The van der Waals surface area contributed by atoms with Crippen LogP contribution >= 0.6 is 0 Å². The molecule has 8 nitrogen and oxygen atoms in total. The molecule has 1 amide bonds. The van der Waals surface area contributed by atoms with Gasteiger partial charge in [0.25, 0.3) is 5.78 Å². The zero-order valence-corrected chi connectivity index (χ0v) is 17.9. The quantitative estimate of drug-likeness (QED) is 0.620. The molecule has 9 heteroatoms. The predicted octanol–water partition coefficient (Wildman–Crippen LogP) is 2.43. The molecular weight excluding hydrogens is 402 g/mol. The third-order valence-corrected chi connectivity index (χ3v) is 6.92. The van der Waals surface area contributed by atoms with Crippen LogP contribution in [0.5, 0.6) is 0 Å². The van der Waals surface area contributed by atoms with Crippen molar-refractivity contribution in [1.29, 1.82) is 0 Å². The highest BCUT2D eigenvalue weighted by Gasteiger charge is 2.32. The molecule has 0 radical (unpaired) electrons. The Bertz CT molecular complexity index is 1150. The number of nitrogens with zero attached hydrogens (tertiary/aromatic N) is 5. The van der Waals surface area contributed by atoms with Crippen molar-refractivity contribution in [3.8, 4) is 0 Å². The van der Waals surface area contributed by atoms with E-state index in [-0.39, 0.29) is 22.6 Å². The lowest BCUT2D eigenvalue weighted by Crippen LogP contribution is -2.41. The maximum atomic E-state index is 13.2. The summed E-state index contributed by atoms with van der Waals surface area (Å²) in [7, 11) is -3.47. The van der Waals surface area contributed by atoms with Crippen molar-refractivity contribution in [3.63, 3.8) is 0 Å². The number of aromatic nitrogens is 4. The van der Waals surface area contributed by atoms with Crippen molar-refractivity contribution < 1.29 is 13.2 Å². The number of rotatable bonds is 5. The highest BCUT2D eigenvalue weighted by molar-refractivity contribution is 7.90. The van der Waals surface area contributed by atoms with Gasteiger partial charge in [-0.2, -0.15) is 14.6 Å². The SMILES string of the molecule is CC[C@H](C(=O)N1CCC(c2c(S(C)(=O)=O)cnc3ncnn23)CC1)c1ccccc1. The van der Waals surface area contributed by atoms with Gasteiger partial charge in [-0.3, -0.25) is 4.79 Å². The fraction of sp³-hybridized carbons (Fsp3) is 0.429. The molecule has 3 aromatic rings. The number of hydrogen-bond acceptors (Lipinski definition) is 6. The Morgan fingerprint density at radius 2 is 1.87 bits per heavy atom. The Morgan fingerprint density at radius 3 is 2.50 bits per heavy atom. The van der Waals surface area contributed by atoms with E-state index in [0.29, 0.717) is 37.4 Å². The van der Waals surface area contributed by atoms with Gasteiger partial charge >= 0.3 is 0 Å². The summed E-state index contributed by atoms with van der Waals surface area (Å²) in [4.78, 5) is 23.5. The van der Waals surface area contributed by atoms with E-state index in [1.165, 1.54) is 23.3 Å². The summed E-state index contributed by atoms with van der Waals surface area (Å²) in [5.74, 6) is 0.317. The Kier molecular flexibility index (Phi) is 5.55. The van der Waals surface area contributed by atoms with Crippen LogP contribution in [0.4, 0.5) is 0 Å². The van der Waals surface area contributed by atoms with Crippen molar-refractivity contribution in [2.75, 3.05) is 19.3 Å². The van der Waals surface area contributed by atoms with E-state index in [2.05, 4.69) is 15.1 Å². The van der Waals surface area contributed by atoms with Crippen LogP contribution in [0, 0.1) is 0 Å². The number of likely N-dealkylation sites (tertiary alicyclic amines) is 1. The van der Waals surface area contributed by atoms with E-state index in [9.17, 15) is 13.2 Å². The Morgan fingerprint density at radius 1 is 1.17 bits per heavy atom. The molecule has 1 fully saturated rings. The summed E-state index contributed by atoms with van der Waals surface area (Å²) < 4.78 is 26.2. The molecule has 0 N–H and O–H groups in total. The van der Waals surface area contributed by atoms with E-state index in [4.69, 9.17) is 0 Å². The van der Waals surface area contributed by atoms with Crippen molar-refractivity contribution >= 4 is 21.5 Å². The maximum Gasteiger partial charge on any atom is 0.252 e. The number of hydrogen-bond donors (Lipinski definition) is 0. The number of benzene rings is 1. The van der Waals surface area contributed by atoms with E-state index in [1.807, 2.05) is 42.2 Å². The van der Waals surface area contributed by atoms with Gasteiger partial charge in [0, 0.05) is 25.3 Å². The van der Waals surface area contributed by atoms with E-state index in [1.54, 1.807) is 0 Å². The average molecular weight is 428 g/mol. The molecule has 0 saturated carbocycles. The topological polar surface area (TPSA) is 97.5 Å². The first kappa shape index (κ1) is 20.5. The standard InChI is InChI=1S/C21H25N5O3S/c1-3-17(15-7-5-4-6-8-15)20(27)25-11-9-16(10-12-25)19-18(30(2,28)29)13-22-21-23-14-24-26(19)21/h4-8,13-14,16-17H,3,9-12H2,1-2H3/t17-/m0/s1. The van der Waals surface area contributed by atoms with E-state index in [0.717, 1.165) is 12.0 Å².